The van der Waals surface area contributed by atoms with Crippen LogP contribution in [0.25, 0.3) is 0 Å². The van der Waals surface area contributed by atoms with E-state index in [1.54, 1.807) is 6.07 Å². The molecule has 4 nitrogen and oxygen atoms in total. The minimum Gasteiger partial charge on any atom is -0.388 e. The maximum atomic E-state index is 14.1. The van der Waals surface area contributed by atoms with Crippen LogP contribution in [0.5, 0.6) is 0 Å². The molecular formula is C15H18FNO3. The highest BCUT2D eigenvalue weighted by Crippen LogP contribution is 2.32. The second kappa shape index (κ2) is 5.50. The fourth-order valence-corrected chi connectivity index (χ4v) is 2.88. The molecule has 0 radical (unpaired) electrons. The summed E-state index contributed by atoms with van der Waals surface area (Å²) in [5.41, 5.74) is 1.70. The maximum Gasteiger partial charge on any atom is 0.224 e. The lowest BCUT2D eigenvalue weighted by molar-refractivity contribution is -0.116. The van der Waals surface area contributed by atoms with Gasteiger partial charge in [-0.2, -0.15) is 0 Å². The molecular weight excluding hydrogens is 261 g/mol. The Morgan fingerprint density at radius 3 is 3.05 bits per heavy atom. The first-order chi connectivity index (χ1) is 9.63. The molecule has 1 amide bonds. The number of fused-ring (bicyclic) bond motifs is 1. The zero-order valence-electron chi connectivity index (χ0n) is 11.2. The molecule has 5 heteroatoms. The normalized spacial score (nSPS) is 23.3. The fourth-order valence-electron chi connectivity index (χ4n) is 2.88. The van der Waals surface area contributed by atoms with Crippen molar-refractivity contribution in [2.45, 2.75) is 44.3 Å². The van der Waals surface area contributed by atoms with Gasteiger partial charge < -0.3 is 15.2 Å². The van der Waals surface area contributed by atoms with Crippen molar-refractivity contribution in [1.29, 1.82) is 0 Å². The summed E-state index contributed by atoms with van der Waals surface area (Å²) in [6.07, 6.45) is 2.47. The van der Waals surface area contributed by atoms with Crippen LogP contribution in [0.15, 0.2) is 12.1 Å². The van der Waals surface area contributed by atoms with Crippen LogP contribution in [0.1, 0.15) is 42.9 Å². The van der Waals surface area contributed by atoms with Gasteiger partial charge in [0.15, 0.2) is 0 Å². The molecule has 2 unspecified atom stereocenters. The summed E-state index contributed by atoms with van der Waals surface area (Å²) in [7, 11) is 0. The van der Waals surface area contributed by atoms with E-state index >= 15 is 0 Å². The van der Waals surface area contributed by atoms with Crippen molar-refractivity contribution in [3.05, 3.63) is 29.1 Å². The van der Waals surface area contributed by atoms with E-state index in [9.17, 15) is 14.3 Å². The zero-order valence-corrected chi connectivity index (χ0v) is 11.2. The monoisotopic (exact) mass is 279 g/mol. The number of aryl methyl sites for hydroxylation is 1. The number of anilines is 1. The molecule has 20 heavy (non-hydrogen) atoms. The number of nitrogens with one attached hydrogen (secondary N) is 1. The molecule has 0 aromatic heterocycles. The summed E-state index contributed by atoms with van der Waals surface area (Å²) in [4.78, 5) is 11.3. The maximum absolute atomic E-state index is 14.1. The molecule has 2 aliphatic heterocycles. The van der Waals surface area contributed by atoms with E-state index in [2.05, 4.69) is 5.32 Å². The third-order valence-corrected chi connectivity index (χ3v) is 3.99. The number of aliphatic hydroxyl groups excluding tert-OH is 1. The van der Waals surface area contributed by atoms with Crippen molar-refractivity contribution in [2.75, 3.05) is 11.9 Å². The summed E-state index contributed by atoms with van der Waals surface area (Å²) in [5, 5.41) is 12.9. The first-order valence-corrected chi connectivity index (χ1v) is 7.05. The molecule has 0 aliphatic carbocycles. The molecule has 1 aromatic rings. The molecule has 2 heterocycles. The highest BCUT2D eigenvalue weighted by molar-refractivity contribution is 5.93. The lowest BCUT2D eigenvalue weighted by Gasteiger charge is -2.21. The van der Waals surface area contributed by atoms with Crippen LogP contribution in [0.3, 0.4) is 0 Å². The summed E-state index contributed by atoms with van der Waals surface area (Å²) in [5.74, 6) is -0.569. The molecule has 2 N–H and O–H groups in total. The predicted octanol–water partition coefficient (Wildman–Crippen LogP) is 2.31. The van der Waals surface area contributed by atoms with E-state index < -0.39 is 11.9 Å². The van der Waals surface area contributed by atoms with Gasteiger partial charge in [-0.1, -0.05) is 0 Å². The SMILES string of the molecule is O=C1CCc2cc(C(O)CC3CCCO3)c(F)cc2N1. The number of aliphatic hydroxyl groups is 1. The third kappa shape index (κ3) is 2.69. The van der Waals surface area contributed by atoms with Crippen LogP contribution in [-0.4, -0.2) is 23.7 Å². The smallest absolute Gasteiger partial charge is 0.224 e. The largest absolute Gasteiger partial charge is 0.388 e. The molecule has 0 saturated carbocycles. The van der Waals surface area contributed by atoms with E-state index in [-0.39, 0.29) is 12.0 Å². The zero-order chi connectivity index (χ0) is 14.1. The number of ether oxygens (including phenoxy) is 1. The highest BCUT2D eigenvalue weighted by Gasteiger charge is 2.24. The lowest BCUT2D eigenvalue weighted by atomic mass is 9.95. The Hall–Kier alpha value is -1.46. The van der Waals surface area contributed by atoms with E-state index in [1.807, 2.05) is 0 Å². The van der Waals surface area contributed by atoms with E-state index in [0.29, 0.717) is 30.5 Å². The number of hydrogen-bond donors (Lipinski definition) is 2. The van der Waals surface area contributed by atoms with Gasteiger partial charge in [0, 0.05) is 30.7 Å². The van der Waals surface area contributed by atoms with Crippen LogP contribution in [-0.2, 0) is 16.0 Å². The average Bonchev–Trinajstić information content (AvgIpc) is 2.90. The number of amides is 1. The number of benzene rings is 1. The molecule has 1 saturated heterocycles. The third-order valence-electron chi connectivity index (χ3n) is 3.99. The summed E-state index contributed by atoms with van der Waals surface area (Å²) < 4.78 is 19.5. The predicted molar refractivity (Wildman–Crippen MR) is 71.9 cm³/mol. The number of carbonyl (C=O) groups excluding carboxylic acids is 1. The Morgan fingerprint density at radius 2 is 2.30 bits per heavy atom. The molecule has 2 atom stereocenters. The summed E-state index contributed by atoms with van der Waals surface area (Å²) in [6.45, 7) is 0.718. The van der Waals surface area contributed by atoms with Crippen molar-refractivity contribution in [3.8, 4) is 0 Å². The minimum atomic E-state index is -0.860. The van der Waals surface area contributed by atoms with Gasteiger partial charge in [0.1, 0.15) is 5.82 Å². The first-order valence-electron chi connectivity index (χ1n) is 7.05. The Bertz CT molecular complexity index is 526. The molecule has 0 bridgehead atoms. The van der Waals surface area contributed by atoms with Gasteiger partial charge in [0.25, 0.3) is 0 Å². The van der Waals surface area contributed by atoms with Gasteiger partial charge in [-0.15, -0.1) is 0 Å². The topological polar surface area (TPSA) is 58.6 Å². The van der Waals surface area contributed by atoms with Crippen molar-refractivity contribution in [1.82, 2.24) is 0 Å². The number of carbonyl (C=O) groups is 1. The van der Waals surface area contributed by atoms with Crippen molar-refractivity contribution < 1.29 is 19.0 Å². The summed E-state index contributed by atoms with van der Waals surface area (Å²) >= 11 is 0. The van der Waals surface area contributed by atoms with Crippen LogP contribution >= 0.6 is 0 Å². The Morgan fingerprint density at radius 1 is 1.45 bits per heavy atom. The Balaban J connectivity index is 1.80. The van der Waals surface area contributed by atoms with Crippen LogP contribution in [0.4, 0.5) is 10.1 Å². The van der Waals surface area contributed by atoms with Gasteiger partial charge in [-0.05, 0) is 37.0 Å². The van der Waals surface area contributed by atoms with Crippen LogP contribution in [0.2, 0.25) is 0 Å². The first kappa shape index (κ1) is 13.5. The standard InChI is InChI=1S/C15H18FNO3/c16-12-8-13-9(3-4-15(19)17-13)6-11(12)14(18)7-10-2-1-5-20-10/h6,8,10,14,18H,1-5,7H2,(H,17,19). The highest BCUT2D eigenvalue weighted by atomic mass is 19.1. The van der Waals surface area contributed by atoms with Gasteiger partial charge in [-0.3, -0.25) is 4.79 Å². The Kier molecular flexibility index (Phi) is 3.72. The second-order valence-electron chi connectivity index (χ2n) is 5.47. The van der Waals surface area contributed by atoms with Crippen LogP contribution < -0.4 is 5.32 Å². The average molecular weight is 279 g/mol. The minimum absolute atomic E-state index is 0.0140. The van der Waals surface area contributed by atoms with Gasteiger partial charge in [0.2, 0.25) is 5.91 Å². The summed E-state index contributed by atoms with van der Waals surface area (Å²) in [6, 6.07) is 2.98. The quantitative estimate of drug-likeness (QED) is 0.892. The number of halogens is 1. The van der Waals surface area contributed by atoms with Gasteiger partial charge >= 0.3 is 0 Å². The van der Waals surface area contributed by atoms with Crippen molar-refractivity contribution in [3.63, 3.8) is 0 Å². The van der Waals surface area contributed by atoms with E-state index in [1.165, 1.54) is 6.07 Å². The van der Waals surface area contributed by atoms with Crippen molar-refractivity contribution in [2.24, 2.45) is 0 Å². The lowest BCUT2D eigenvalue weighted by Crippen LogP contribution is -2.20. The number of hydrogen-bond acceptors (Lipinski definition) is 3. The molecule has 1 fully saturated rings. The second-order valence-corrected chi connectivity index (χ2v) is 5.47. The molecule has 2 aliphatic rings. The van der Waals surface area contributed by atoms with E-state index in [4.69, 9.17) is 4.74 Å². The molecule has 0 spiro atoms. The molecule has 108 valence electrons. The fraction of sp³-hybridized carbons (Fsp3) is 0.533. The Labute approximate surface area is 116 Å². The molecule has 1 aromatic carbocycles. The van der Waals surface area contributed by atoms with Gasteiger partial charge in [0.05, 0.1) is 12.2 Å². The van der Waals surface area contributed by atoms with Crippen molar-refractivity contribution >= 4 is 11.6 Å². The van der Waals surface area contributed by atoms with E-state index in [0.717, 1.165) is 25.0 Å². The number of rotatable bonds is 3. The van der Waals surface area contributed by atoms with Gasteiger partial charge in [-0.25, -0.2) is 4.39 Å². The molecule has 3 rings (SSSR count). The van der Waals surface area contributed by atoms with Crippen LogP contribution in [0, 0.1) is 5.82 Å².